The molecule has 0 atom stereocenters. The molecule has 0 unspecified atom stereocenters. The topological polar surface area (TPSA) is 82.5 Å². The van der Waals surface area contributed by atoms with Crippen LogP contribution in [-0.4, -0.2) is 40.6 Å². The van der Waals surface area contributed by atoms with E-state index in [0.717, 1.165) is 25.0 Å². The molecule has 0 bridgehead atoms. The number of carbonyl (C=O) groups is 2. The summed E-state index contributed by atoms with van der Waals surface area (Å²) in [6.45, 7) is 1.13. The van der Waals surface area contributed by atoms with Gasteiger partial charge in [-0.05, 0) is 12.8 Å². The van der Waals surface area contributed by atoms with Crippen LogP contribution in [0.4, 0.5) is 4.79 Å². The van der Waals surface area contributed by atoms with E-state index in [-0.39, 0.29) is 12.5 Å². The lowest BCUT2D eigenvalue weighted by Gasteiger charge is -2.16. The molecule has 1 aromatic rings. The second-order valence-corrected chi connectivity index (χ2v) is 5.34. The summed E-state index contributed by atoms with van der Waals surface area (Å²) < 4.78 is 0. The zero-order valence-corrected chi connectivity index (χ0v) is 12.5. The van der Waals surface area contributed by atoms with Crippen LogP contribution in [0.25, 0.3) is 0 Å². The van der Waals surface area contributed by atoms with Crippen molar-refractivity contribution in [3.63, 3.8) is 0 Å². The molecule has 0 aromatic carbocycles. The maximum absolute atomic E-state index is 11.8. The summed E-state index contributed by atoms with van der Waals surface area (Å²) in [6, 6.07) is -0.108. The smallest absolute Gasteiger partial charge is 0.317 e. The molecule has 0 saturated carbocycles. The predicted molar refractivity (Wildman–Crippen MR) is 77.7 cm³/mol. The van der Waals surface area contributed by atoms with Crippen LogP contribution in [0, 0.1) is 0 Å². The lowest BCUT2D eigenvalue weighted by atomic mass is 10.1. The molecule has 6 nitrogen and oxygen atoms in total. The van der Waals surface area contributed by atoms with Crippen LogP contribution in [0.1, 0.15) is 37.8 Å². The average molecular weight is 299 g/mol. The molecule has 0 aliphatic rings. The van der Waals surface area contributed by atoms with Crippen molar-refractivity contribution in [3.8, 4) is 0 Å². The number of hydrogen-bond acceptors (Lipinski definition) is 4. The van der Waals surface area contributed by atoms with E-state index < -0.39 is 5.97 Å². The highest BCUT2D eigenvalue weighted by Gasteiger charge is 2.08. The predicted octanol–water partition coefficient (Wildman–Crippen LogP) is 2.32. The first kappa shape index (κ1) is 16.4. The normalized spacial score (nSPS) is 10.2. The summed E-state index contributed by atoms with van der Waals surface area (Å²) >= 11 is 1.51. The minimum absolute atomic E-state index is 0.108. The first-order valence-corrected chi connectivity index (χ1v) is 7.61. The van der Waals surface area contributed by atoms with E-state index in [1.165, 1.54) is 11.3 Å². The van der Waals surface area contributed by atoms with Gasteiger partial charge in [0.05, 0.1) is 17.7 Å². The second kappa shape index (κ2) is 9.30. The van der Waals surface area contributed by atoms with Crippen LogP contribution >= 0.6 is 11.3 Å². The molecule has 0 aliphatic carbocycles. The lowest BCUT2D eigenvalue weighted by molar-refractivity contribution is -0.137. The van der Waals surface area contributed by atoms with Crippen molar-refractivity contribution in [1.82, 2.24) is 15.2 Å². The molecule has 20 heavy (non-hydrogen) atoms. The fourth-order valence-corrected chi connectivity index (χ4v) is 2.27. The van der Waals surface area contributed by atoms with Gasteiger partial charge < -0.3 is 15.3 Å². The van der Waals surface area contributed by atoms with E-state index in [0.29, 0.717) is 19.5 Å². The number of carboxylic acids is 1. The van der Waals surface area contributed by atoms with Crippen molar-refractivity contribution in [2.45, 2.75) is 38.6 Å². The largest absolute Gasteiger partial charge is 0.481 e. The monoisotopic (exact) mass is 299 g/mol. The maximum atomic E-state index is 11.8. The number of aliphatic carboxylic acids is 1. The molecule has 0 aliphatic heterocycles. The molecule has 0 spiro atoms. The molecule has 0 fully saturated rings. The minimum Gasteiger partial charge on any atom is -0.481 e. The van der Waals surface area contributed by atoms with Crippen LogP contribution < -0.4 is 5.32 Å². The highest BCUT2D eigenvalue weighted by Crippen LogP contribution is 2.05. The van der Waals surface area contributed by atoms with Crippen LogP contribution in [0.3, 0.4) is 0 Å². The number of rotatable bonds is 9. The Bertz CT molecular complexity index is 409. The number of nitrogens with one attached hydrogen (secondary N) is 1. The second-order valence-electron chi connectivity index (χ2n) is 4.63. The van der Waals surface area contributed by atoms with Gasteiger partial charge in [0.2, 0.25) is 0 Å². The number of nitrogens with zero attached hydrogens (tertiary/aromatic N) is 2. The third-order valence-corrected chi connectivity index (χ3v) is 3.46. The summed E-state index contributed by atoms with van der Waals surface area (Å²) in [4.78, 5) is 27.8. The summed E-state index contributed by atoms with van der Waals surface area (Å²) in [7, 11) is 1.74. The van der Waals surface area contributed by atoms with Gasteiger partial charge in [-0.3, -0.25) is 4.79 Å². The van der Waals surface area contributed by atoms with Gasteiger partial charge in [-0.1, -0.05) is 12.8 Å². The van der Waals surface area contributed by atoms with E-state index in [4.69, 9.17) is 5.11 Å². The Morgan fingerprint density at radius 3 is 2.75 bits per heavy atom. The Kier molecular flexibility index (Phi) is 7.64. The Morgan fingerprint density at radius 1 is 1.35 bits per heavy atom. The van der Waals surface area contributed by atoms with Crippen LogP contribution in [-0.2, 0) is 11.3 Å². The zero-order valence-electron chi connectivity index (χ0n) is 11.7. The van der Waals surface area contributed by atoms with Crippen molar-refractivity contribution in [2.24, 2.45) is 0 Å². The van der Waals surface area contributed by atoms with Crippen molar-refractivity contribution >= 4 is 23.3 Å². The third kappa shape index (κ3) is 7.08. The molecule has 2 amide bonds. The van der Waals surface area contributed by atoms with Crippen molar-refractivity contribution < 1.29 is 14.7 Å². The van der Waals surface area contributed by atoms with E-state index in [1.807, 2.05) is 5.38 Å². The summed E-state index contributed by atoms with van der Waals surface area (Å²) in [6.07, 6.45) is 3.62. The molecule has 2 N–H and O–H groups in total. The maximum Gasteiger partial charge on any atom is 0.317 e. The molecule has 1 aromatic heterocycles. The molecule has 0 saturated heterocycles. The zero-order chi connectivity index (χ0) is 14.8. The third-order valence-electron chi connectivity index (χ3n) is 2.82. The number of aromatic nitrogens is 1. The molecular weight excluding hydrogens is 278 g/mol. The van der Waals surface area contributed by atoms with Crippen molar-refractivity contribution in [1.29, 1.82) is 0 Å². The van der Waals surface area contributed by atoms with Crippen molar-refractivity contribution in [3.05, 3.63) is 16.6 Å². The molecule has 1 rings (SSSR count). The number of carboxylic acid groups (broad SMARTS) is 1. The van der Waals surface area contributed by atoms with Gasteiger partial charge in [0.25, 0.3) is 0 Å². The van der Waals surface area contributed by atoms with Gasteiger partial charge in [-0.2, -0.15) is 0 Å². The fourth-order valence-electron chi connectivity index (χ4n) is 1.72. The average Bonchev–Trinajstić information content (AvgIpc) is 2.89. The Balaban J connectivity index is 2.03. The van der Waals surface area contributed by atoms with E-state index in [9.17, 15) is 9.59 Å². The Labute approximate surface area is 122 Å². The van der Waals surface area contributed by atoms with Gasteiger partial charge in [0, 0.05) is 25.4 Å². The van der Waals surface area contributed by atoms with Gasteiger partial charge in [-0.25, -0.2) is 9.78 Å². The number of unbranched alkanes of at least 4 members (excludes halogenated alkanes) is 3. The fraction of sp³-hybridized carbons (Fsp3) is 0.615. The highest BCUT2D eigenvalue weighted by atomic mass is 32.1. The molecule has 1 heterocycles. The van der Waals surface area contributed by atoms with Crippen molar-refractivity contribution in [2.75, 3.05) is 13.6 Å². The highest BCUT2D eigenvalue weighted by molar-refractivity contribution is 7.07. The van der Waals surface area contributed by atoms with Gasteiger partial charge in [-0.15, -0.1) is 11.3 Å². The molecular formula is C13H21N3O3S. The number of hydrogen-bond donors (Lipinski definition) is 2. The van der Waals surface area contributed by atoms with E-state index >= 15 is 0 Å². The van der Waals surface area contributed by atoms with Gasteiger partial charge in [0.1, 0.15) is 0 Å². The quantitative estimate of drug-likeness (QED) is 0.686. The first-order chi connectivity index (χ1) is 9.59. The SMILES string of the molecule is CN(Cc1cscn1)C(=O)NCCCCCCC(=O)O. The summed E-state index contributed by atoms with van der Waals surface area (Å²) in [5.41, 5.74) is 2.64. The number of carbonyl (C=O) groups excluding carboxylic acids is 1. The molecule has 7 heteroatoms. The number of thiazole rings is 1. The Hall–Kier alpha value is -1.63. The number of urea groups is 1. The standard InChI is InChI=1S/C13H21N3O3S/c1-16(8-11-9-20-10-15-11)13(19)14-7-5-3-2-4-6-12(17)18/h9-10H,2-8H2,1H3,(H,14,19)(H,17,18). The van der Waals surface area contributed by atoms with E-state index in [2.05, 4.69) is 10.3 Å². The van der Waals surface area contributed by atoms with Crippen LogP contribution in [0.15, 0.2) is 10.9 Å². The first-order valence-electron chi connectivity index (χ1n) is 6.67. The number of amides is 2. The van der Waals surface area contributed by atoms with Crippen LogP contribution in [0.2, 0.25) is 0 Å². The van der Waals surface area contributed by atoms with Gasteiger partial charge in [0.15, 0.2) is 0 Å². The molecule has 0 radical (unpaired) electrons. The Morgan fingerprint density at radius 2 is 2.10 bits per heavy atom. The van der Waals surface area contributed by atoms with Crippen LogP contribution in [0.5, 0.6) is 0 Å². The summed E-state index contributed by atoms with van der Waals surface area (Å²) in [5, 5.41) is 13.3. The van der Waals surface area contributed by atoms with E-state index in [1.54, 1.807) is 17.5 Å². The van der Waals surface area contributed by atoms with Gasteiger partial charge >= 0.3 is 12.0 Å². The minimum atomic E-state index is -0.748. The lowest BCUT2D eigenvalue weighted by Crippen LogP contribution is -2.37. The molecule has 112 valence electrons. The summed E-state index contributed by atoms with van der Waals surface area (Å²) in [5.74, 6) is -0.748.